The molecule has 1 aliphatic rings. The molecule has 0 spiro atoms. The summed E-state index contributed by atoms with van der Waals surface area (Å²) < 4.78 is 81.6. The first-order valence-corrected chi connectivity index (χ1v) is 12.0. The molecule has 6 nitrogen and oxygen atoms in total. The smallest absolute Gasteiger partial charge is 0.255 e. The standard InChI is InChI=1S/C24H20F4N2O4S/c25-19-7-2-1-6-18(19)24(32)8-10-30(11-9-24)35(33,34)17-5-3-4-15(12-17)23(31)29-16-13-20(26)22(28)21(27)14-16/h1-7,12-14,32H,8-11H2,(H,29,31). The Morgan fingerprint density at radius 2 is 1.51 bits per heavy atom. The molecule has 1 fully saturated rings. The molecule has 3 aromatic rings. The maximum Gasteiger partial charge on any atom is 0.255 e. The highest BCUT2D eigenvalue weighted by Crippen LogP contribution is 2.36. The Balaban J connectivity index is 1.51. The highest BCUT2D eigenvalue weighted by atomic mass is 32.2. The van der Waals surface area contributed by atoms with Gasteiger partial charge in [-0.3, -0.25) is 4.79 Å². The quantitative estimate of drug-likeness (QED) is 0.400. The Labute approximate surface area is 198 Å². The normalized spacial score (nSPS) is 16.1. The monoisotopic (exact) mass is 508 g/mol. The fourth-order valence-corrected chi connectivity index (χ4v) is 5.47. The van der Waals surface area contributed by atoms with Gasteiger partial charge in [0.15, 0.2) is 17.5 Å². The third kappa shape index (κ3) is 4.93. The molecule has 0 saturated carbocycles. The Morgan fingerprint density at radius 1 is 0.886 bits per heavy atom. The maximum atomic E-state index is 14.2. The molecule has 1 heterocycles. The summed E-state index contributed by atoms with van der Waals surface area (Å²) in [6.07, 6.45) is -0.0654. The number of aliphatic hydroxyl groups is 1. The van der Waals surface area contributed by atoms with Crippen LogP contribution in [0.15, 0.2) is 65.6 Å². The minimum Gasteiger partial charge on any atom is -0.385 e. The zero-order valence-corrected chi connectivity index (χ0v) is 19.0. The number of carbonyl (C=O) groups excluding carboxylic acids is 1. The molecular weight excluding hydrogens is 488 g/mol. The molecule has 0 unspecified atom stereocenters. The van der Waals surface area contributed by atoms with Gasteiger partial charge in [0.25, 0.3) is 5.91 Å². The van der Waals surface area contributed by atoms with E-state index in [2.05, 4.69) is 5.32 Å². The molecule has 1 saturated heterocycles. The van der Waals surface area contributed by atoms with E-state index in [4.69, 9.17) is 0 Å². The van der Waals surface area contributed by atoms with Gasteiger partial charge >= 0.3 is 0 Å². The minimum atomic E-state index is -4.07. The van der Waals surface area contributed by atoms with E-state index in [1.807, 2.05) is 0 Å². The summed E-state index contributed by atoms with van der Waals surface area (Å²) in [5, 5.41) is 13.1. The van der Waals surface area contributed by atoms with Gasteiger partial charge in [0.2, 0.25) is 10.0 Å². The zero-order chi connectivity index (χ0) is 25.4. The van der Waals surface area contributed by atoms with Crippen molar-refractivity contribution in [3.05, 3.63) is 95.1 Å². The van der Waals surface area contributed by atoms with E-state index in [1.165, 1.54) is 36.4 Å². The molecule has 1 aliphatic heterocycles. The van der Waals surface area contributed by atoms with Crippen molar-refractivity contribution in [2.24, 2.45) is 0 Å². The summed E-state index contributed by atoms with van der Waals surface area (Å²) in [6, 6.07) is 12.0. The Kier molecular flexibility index (Phi) is 6.67. The Morgan fingerprint density at radius 3 is 2.14 bits per heavy atom. The molecule has 2 N–H and O–H groups in total. The fraction of sp³-hybridized carbons (Fsp3) is 0.208. The second-order valence-electron chi connectivity index (χ2n) is 8.15. The van der Waals surface area contributed by atoms with Crippen molar-refractivity contribution in [1.29, 1.82) is 0 Å². The largest absolute Gasteiger partial charge is 0.385 e. The number of hydrogen-bond donors (Lipinski definition) is 2. The third-order valence-electron chi connectivity index (χ3n) is 5.90. The van der Waals surface area contributed by atoms with Crippen molar-refractivity contribution in [2.45, 2.75) is 23.3 Å². The molecule has 0 radical (unpaired) electrons. The van der Waals surface area contributed by atoms with Crippen molar-refractivity contribution in [1.82, 2.24) is 4.31 Å². The van der Waals surface area contributed by atoms with Gasteiger partial charge in [-0.25, -0.2) is 26.0 Å². The number of nitrogens with zero attached hydrogens (tertiary/aromatic N) is 1. The van der Waals surface area contributed by atoms with Crippen molar-refractivity contribution in [3.8, 4) is 0 Å². The highest BCUT2D eigenvalue weighted by molar-refractivity contribution is 7.89. The van der Waals surface area contributed by atoms with E-state index in [0.29, 0.717) is 12.1 Å². The lowest BCUT2D eigenvalue weighted by atomic mass is 9.85. The molecule has 4 rings (SSSR count). The maximum absolute atomic E-state index is 14.2. The van der Waals surface area contributed by atoms with Crippen LogP contribution in [0.3, 0.4) is 0 Å². The molecule has 184 valence electrons. The van der Waals surface area contributed by atoms with Crippen LogP contribution in [-0.2, 0) is 15.6 Å². The average Bonchev–Trinajstić information content (AvgIpc) is 2.83. The van der Waals surface area contributed by atoms with E-state index in [-0.39, 0.29) is 47.6 Å². The number of nitrogens with one attached hydrogen (secondary N) is 1. The Bertz CT molecular complexity index is 1370. The molecule has 0 aromatic heterocycles. The van der Waals surface area contributed by atoms with E-state index in [1.54, 1.807) is 6.07 Å². The number of sulfonamides is 1. The first kappa shape index (κ1) is 24.8. The van der Waals surface area contributed by atoms with Crippen molar-refractivity contribution < 1.29 is 35.9 Å². The number of carbonyl (C=O) groups is 1. The number of piperidine rings is 1. The number of amides is 1. The van der Waals surface area contributed by atoms with Gasteiger partial charge in [-0.2, -0.15) is 4.31 Å². The van der Waals surface area contributed by atoms with Crippen molar-refractivity contribution in [3.63, 3.8) is 0 Å². The number of halogens is 4. The summed E-state index contributed by atoms with van der Waals surface area (Å²) in [4.78, 5) is 12.3. The summed E-state index contributed by atoms with van der Waals surface area (Å²) in [5.41, 5.74) is -1.87. The number of rotatable bonds is 5. The van der Waals surface area contributed by atoms with E-state index in [9.17, 15) is 35.9 Å². The van der Waals surface area contributed by atoms with Crippen LogP contribution in [0.2, 0.25) is 0 Å². The van der Waals surface area contributed by atoms with Gasteiger partial charge in [0, 0.05) is 42.0 Å². The summed E-state index contributed by atoms with van der Waals surface area (Å²) in [7, 11) is -4.07. The number of anilines is 1. The fourth-order valence-electron chi connectivity index (χ4n) is 3.98. The summed E-state index contributed by atoms with van der Waals surface area (Å²) >= 11 is 0. The third-order valence-corrected chi connectivity index (χ3v) is 7.80. The molecule has 0 bridgehead atoms. The van der Waals surface area contributed by atoms with Crippen LogP contribution in [0.4, 0.5) is 23.2 Å². The zero-order valence-electron chi connectivity index (χ0n) is 18.1. The second-order valence-corrected chi connectivity index (χ2v) is 10.1. The van der Waals surface area contributed by atoms with Gasteiger partial charge in [0.1, 0.15) is 5.82 Å². The summed E-state index contributed by atoms with van der Waals surface area (Å²) in [6.45, 7) is -0.171. The van der Waals surface area contributed by atoms with Crippen LogP contribution < -0.4 is 5.32 Å². The van der Waals surface area contributed by atoms with Gasteiger partial charge in [-0.05, 0) is 37.1 Å². The first-order valence-electron chi connectivity index (χ1n) is 10.5. The van der Waals surface area contributed by atoms with E-state index < -0.39 is 44.8 Å². The predicted octanol–water partition coefficient (Wildman–Crippen LogP) is 4.17. The van der Waals surface area contributed by atoms with Gasteiger partial charge in [0.05, 0.1) is 10.5 Å². The lowest BCUT2D eigenvalue weighted by Gasteiger charge is -2.38. The first-order chi connectivity index (χ1) is 16.5. The molecule has 11 heteroatoms. The van der Waals surface area contributed by atoms with Crippen molar-refractivity contribution >= 4 is 21.6 Å². The second kappa shape index (κ2) is 9.40. The van der Waals surface area contributed by atoms with Crippen LogP contribution in [0.5, 0.6) is 0 Å². The molecule has 35 heavy (non-hydrogen) atoms. The summed E-state index contributed by atoms with van der Waals surface area (Å²) in [5.74, 6) is -6.10. The van der Waals surface area contributed by atoms with Gasteiger partial charge in [-0.15, -0.1) is 0 Å². The van der Waals surface area contributed by atoms with E-state index in [0.717, 1.165) is 10.4 Å². The molecule has 3 aromatic carbocycles. The Hall–Kier alpha value is -3.28. The minimum absolute atomic E-state index is 0.0327. The lowest BCUT2D eigenvalue weighted by molar-refractivity contribution is -0.0125. The van der Waals surface area contributed by atoms with Crippen LogP contribution >= 0.6 is 0 Å². The highest BCUT2D eigenvalue weighted by Gasteiger charge is 2.39. The number of benzene rings is 3. The molecule has 1 amide bonds. The SMILES string of the molecule is O=C(Nc1cc(F)c(F)c(F)c1)c1cccc(S(=O)(=O)N2CCC(O)(c3ccccc3F)CC2)c1. The molecular formula is C24H20F4N2O4S. The molecule has 0 atom stereocenters. The average molecular weight is 508 g/mol. The van der Waals surface area contributed by atoms with Crippen LogP contribution in [0.1, 0.15) is 28.8 Å². The predicted molar refractivity (Wildman–Crippen MR) is 119 cm³/mol. The topological polar surface area (TPSA) is 86.7 Å². The number of hydrogen-bond acceptors (Lipinski definition) is 4. The van der Waals surface area contributed by atoms with Crippen LogP contribution in [0, 0.1) is 23.3 Å². The van der Waals surface area contributed by atoms with Crippen LogP contribution in [-0.4, -0.2) is 36.8 Å². The van der Waals surface area contributed by atoms with Crippen molar-refractivity contribution in [2.75, 3.05) is 18.4 Å². The van der Waals surface area contributed by atoms with Gasteiger partial charge < -0.3 is 10.4 Å². The van der Waals surface area contributed by atoms with Crippen LogP contribution in [0.25, 0.3) is 0 Å². The molecule has 0 aliphatic carbocycles. The lowest BCUT2D eigenvalue weighted by Crippen LogP contribution is -2.45. The van der Waals surface area contributed by atoms with Gasteiger partial charge in [-0.1, -0.05) is 24.3 Å². The van der Waals surface area contributed by atoms with E-state index >= 15 is 0 Å².